The van der Waals surface area contributed by atoms with E-state index in [0.29, 0.717) is 5.69 Å². The molecular weight excluding hydrogens is 192 g/mol. The topological polar surface area (TPSA) is 94.4 Å². The molecule has 0 atom stereocenters. The van der Waals surface area contributed by atoms with E-state index in [0.717, 1.165) is 6.20 Å². The van der Waals surface area contributed by atoms with E-state index < -0.39 is 0 Å². The number of nitrogens with two attached hydrogens (primary N) is 2. The van der Waals surface area contributed by atoms with Crippen LogP contribution in [0.1, 0.15) is 6.92 Å². The number of pyridine rings is 1. The van der Waals surface area contributed by atoms with E-state index in [2.05, 4.69) is 9.98 Å². The molecule has 0 aliphatic carbocycles. The molecule has 0 spiro atoms. The highest BCUT2D eigenvalue weighted by Gasteiger charge is 2.08. The van der Waals surface area contributed by atoms with Gasteiger partial charge in [0.1, 0.15) is 5.71 Å². The third-order valence-corrected chi connectivity index (χ3v) is 1.67. The molecule has 1 aromatic rings. The van der Waals surface area contributed by atoms with Gasteiger partial charge in [0.05, 0.1) is 17.6 Å². The highest BCUT2D eigenvalue weighted by molar-refractivity contribution is 6.45. The van der Waals surface area contributed by atoms with Gasteiger partial charge in [-0.2, -0.15) is 0 Å². The number of ketones is 1. The second-order valence-electron chi connectivity index (χ2n) is 2.85. The van der Waals surface area contributed by atoms with E-state index in [4.69, 9.17) is 11.5 Å². The molecule has 0 radical (unpaired) electrons. The summed E-state index contributed by atoms with van der Waals surface area (Å²) >= 11 is 0. The van der Waals surface area contributed by atoms with Crippen LogP contribution in [0, 0.1) is 0 Å². The Morgan fingerprint density at radius 1 is 1.60 bits per heavy atom. The first-order valence-corrected chi connectivity index (χ1v) is 4.32. The minimum Gasteiger partial charge on any atom is -0.403 e. The first-order valence-electron chi connectivity index (χ1n) is 4.32. The Kier molecular flexibility index (Phi) is 3.56. The SMILES string of the molecule is CC(=O)C(=Nc1cccnc1)C(N)=CN. The van der Waals surface area contributed by atoms with Crippen molar-refractivity contribution in [1.29, 1.82) is 0 Å². The molecular formula is C10H12N4O. The molecule has 0 fully saturated rings. The molecule has 0 saturated carbocycles. The zero-order valence-corrected chi connectivity index (χ0v) is 8.34. The molecule has 0 unspecified atom stereocenters. The second-order valence-corrected chi connectivity index (χ2v) is 2.85. The van der Waals surface area contributed by atoms with Crippen molar-refractivity contribution in [3.8, 4) is 0 Å². The summed E-state index contributed by atoms with van der Waals surface area (Å²) in [5.41, 5.74) is 11.6. The molecule has 5 heteroatoms. The van der Waals surface area contributed by atoms with Gasteiger partial charge in [-0.05, 0) is 12.1 Å². The quantitative estimate of drug-likeness (QED) is 0.701. The predicted octanol–water partition coefficient (Wildman–Crippen LogP) is 0.502. The first kappa shape index (κ1) is 10.9. The fourth-order valence-corrected chi connectivity index (χ4v) is 0.974. The minimum absolute atomic E-state index is 0.144. The van der Waals surface area contributed by atoms with Crippen LogP contribution >= 0.6 is 0 Å². The number of aromatic nitrogens is 1. The summed E-state index contributed by atoms with van der Waals surface area (Å²) in [6.07, 6.45) is 4.30. The summed E-state index contributed by atoms with van der Waals surface area (Å²) in [6.45, 7) is 1.38. The van der Waals surface area contributed by atoms with Gasteiger partial charge in [0.2, 0.25) is 0 Å². The fraction of sp³-hybridized carbons (Fsp3) is 0.100. The Labute approximate surface area is 87.5 Å². The van der Waals surface area contributed by atoms with E-state index in [1.165, 1.54) is 13.1 Å². The molecule has 0 bridgehead atoms. The molecule has 4 N–H and O–H groups in total. The van der Waals surface area contributed by atoms with Gasteiger partial charge < -0.3 is 11.5 Å². The molecule has 0 aliphatic rings. The average molecular weight is 204 g/mol. The van der Waals surface area contributed by atoms with Crippen molar-refractivity contribution >= 4 is 17.2 Å². The average Bonchev–Trinajstić information content (AvgIpc) is 2.26. The summed E-state index contributed by atoms with van der Waals surface area (Å²) < 4.78 is 0. The van der Waals surface area contributed by atoms with Gasteiger partial charge in [0.15, 0.2) is 5.78 Å². The number of aliphatic imine (C=N–C) groups is 1. The Balaban J connectivity index is 3.11. The Morgan fingerprint density at radius 2 is 2.33 bits per heavy atom. The number of nitrogens with zero attached hydrogens (tertiary/aromatic N) is 2. The summed E-state index contributed by atoms with van der Waals surface area (Å²) in [5.74, 6) is -0.238. The molecule has 1 heterocycles. The van der Waals surface area contributed by atoms with Crippen LogP contribution in [0.25, 0.3) is 0 Å². The Morgan fingerprint density at radius 3 is 2.80 bits per heavy atom. The molecule has 5 nitrogen and oxygen atoms in total. The molecule has 0 aromatic carbocycles. The van der Waals surface area contributed by atoms with Gasteiger partial charge in [0.25, 0.3) is 0 Å². The van der Waals surface area contributed by atoms with Crippen LogP contribution in [0.4, 0.5) is 5.69 Å². The fourth-order valence-electron chi connectivity index (χ4n) is 0.974. The van der Waals surface area contributed by atoms with E-state index in [-0.39, 0.29) is 17.2 Å². The van der Waals surface area contributed by atoms with Crippen molar-refractivity contribution in [2.24, 2.45) is 16.5 Å². The Bertz CT molecular complexity index is 409. The van der Waals surface area contributed by atoms with Crippen LogP contribution in [0.5, 0.6) is 0 Å². The van der Waals surface area contributed by atoms with Crippen LogP contribution in [0.2, 0.25) is 0 Å². The highest BCUT2D eigenvalue weighted by Crippen LogP contribution is 2.09. The maximum Gasteiger partial charge on any atom is 0.180 e. The van der Waals surface area contributed by atoms with Gasteiger partial charge in [0, 0.05) is 19.3 Å². The molecule has 78 valence electrons. The monoisotopic (exact) mass is 204 g/mol. The van der Waals surface area contributed by atoms with Gasteiger partial charge in [-0.25, -0.2) is 4.99 Å². The number of Topliss-reactive ketones (excluding diaryl/α,β-unsaturated/α-hetero) is 1. The Hall–Kier alpha value is -2.17. The van der Waals surface area contributed by atoms with E-state index in [1.807, 2.05) is 0 Å². The van der Waals surface area contributed by atoms with Gasteiger partial charge in [-0.3, -0.25) is 9.78 Å². The number of carbonyl (C=O) groups excluding carboxylic acids is 1. The lowest BCUT2D eigenvalue weighted by Gasteiger charge is -2.01. The van der Waals surface area contributed by atoms with Crippen molar-refractivity contribution in [3.05, 3.63) is 36.4 Å². The lowest BCUT2D eigenvalue weighted by molar-refractivity contribution is -0.111. The van der Waals surface area contributed by atoms with Crippen molar-refractivity contribution in [1.82, 2.24) is 4.98 Å². The third kappa shape index (κ3) is 2.91. The minimum atomic E-state index is -0.238. The van der Waals surface area contributed by atoms with Crippen molar-refractivity contribution in [3.63, 3.8) is 0 Å². The lowest BCUT2D eigenvalue weighted by Crippen LogP contribution is -2.20. The van der Waals surface area contributed by atoms with Crippen LogP contribution < -0.4 is 11.5 Å². The van der Waals surface area contributed by atoms with Crippen molar-refractivity contribution < 1.29 is 4.79 Å². The van der Waals surface area contributed by atoms with E-state index in [1.54, 1.807) is 18.3 Å². The second kappa shape index (κ2) is 4.90. The normalized spacial score (nSPS) is 12.6. The summed E-state index contributed by atoms with van der Waals surface area (Å²) in [4.78, 5) is 19.2. The van der Waals surface area contributed by atoms with Crippen LogP contribution in [0.15, 0.2) is 41.4 Å². The van der Waals surface area contributed by atoms with E-state index in [9.17, 15) is 4.79 Å². The lowest BCUT2D eigenvalue weighted by atomic mass is 10.2. The molecule has 0 aliphatic heterocycles. The highest BCUT2D eigenvalue weighted by atomic mass is 16.1. The number of allylic oxidation sites excluding steroid dienone is 1. The number of hydrogen-bond acceptors (Lipinski definition) is 5. The standard InChI is InChI=1S/C10H12N4O/c1-7(15)10(9(12)5-11)14-8-3-2-4-13-6-8/h2-6H,11-12H2,1H3. The molecule has 1 rings (SSSR count). The third-order valence-electron chi connectivity index (χ3n) is 1.67. The smallest absolute Gasteiger partial charge is 0.180 e. The van der Waals surface area contributed by atoms with Gasteiger partial charge in [-0.1, -0.05) is 0 Å². The number of hydrogen-bond donors (Lipinski definition) is 2. The first-order chi connectivity index (χ1) is 7.15. The van der Waals surface area contributed by atoms with E-state index >= 15 is 0 Å². The zero-order valence-electron chi connectivity index (χ0n) is 8.34. The van der Waals surface area contributed by atoms with Crippen LogP contribution in [-0.4, -0.2) is 16.5 Å². The predicted molar refractivity (Wildman–Crippen MR) is 58.5 cm³/mol. The molecule has 0 amide bonds. The zero-order chi connectivity index (χ0) is 11.3. The van der Waals surface area contributed by atoms with Gasteiger partial charge >= 0.3 is 0 Å². The molecule has 0 saturated heterocycles. The molecule has 15 heavy (non-hydrogen) atoms. The summed E-state index contributed by atoms with van der Waals surface area (Å²) in [5, 5.41) is 0. The maximum atomic E-state index is 11.2. The van der Waals surface area contributed by atoms with Gasteiger partial charge in [-0.15, -0.1) is 0 Å². The number of rotatable bonds is 3. The number of carbonyl (C=O) groups is 1. The largest absolute Gasteiger partial charge is 0.403 e. The van der Waals surface area contributed by atoms with Crippen LogP contribution in [-0.2, 0) is 4.79 Å². The van der Waals surface area contributed by atoms with Crippen molar-refractivity contribution in [2.45, 2.75) is 6.92 Å². The van der Waals surface area contributed by atoms with Crippen LogP contribution in [0.3, 0.4) is 0 Å². The maximum absolute atomic E-state index is 11.2. The molecule has 1 aromatic heterocycles. The summed E-state index contributed by atoms with van der Waals surface area (Å²) in [7, 11) is 0. The summed E-state index contributed by atoms with van der Waals surface area (Å²) in [6, 6.07) is 3.44. The van der Waals surface area contributed by atoms with Crippen molar-refractivity contribution in [2.75, 3.05) is 0 Å².